The van der Waals surface area contributed by atoms with Crippen LogP contribution >= 0.6 is 0 Å². The van der Waals surface area contributed by atoms with E-state index >= 15 is 0 Å². The first-order valence-electron chi connectivity index (χ1n) is 8.34. The molecule has 1 N–H and O–H groups in total. The Kier molecular flexibility index (Phi) is 4.30. The second-order valence-electron chi connectivity index (χ2n) is 6.63. The van der Waals surface area contributed by atoms with E-state index in [9.17, 15) is 0 Å². The van der Waals surface area contributed by atoms with Gasteiger partial charge in [-0.1, -0.05) is 25.0 Å². The van der Waals surface area contributed by atoms with E-state index in [1.807, 2.05) is 0 Å². The number of fused-ring (bicyclic) bond motifs is 1. The van der Waals surface area contributed by atoms with Crippen molar-refractivity contribution in [2.45, 2.75) is 58.0 Å². The molecule has 110 valence electrons. The highest BCUT2D eigenvalue weighted by Gasteiger charge is 2.35. The van der Waals surface area contributed by atoms with Crippen LogP contribution in [0.4, 0.5) is 5.69 Å². The third kappa shape index (κ3) is 3.01. The zero-order valence-electron chi connectivity index (χ0n) is 12.9. The van der Waals surface area contributed by atoms with Crippen LogP contribution in [-0.4, -0.2) is 25.2 Å². The third-order valence-electron chi connectivity index (χ3n) is 5.14. The van der Waals surface area contributed by atoms with E-state index < -0.39 is 0 Å². The minimum absolute atomic E-state index is 0.684. The largest absolute Gasteiger partial charge is 0.370 e. The molecule has 0 bridgehead atoms. The smallest absolute Gasteiger partial charge is 0.0369 e. The summed E-state index contributed by atoms with van der Waals surface area (Å²) in [5.41, 5.74) is 2.73. The van der Waals surface area contributed by atoms with Gasteiger partial charge in [0.15, 0.2) is 0 Å². The van der Waals surface area contributed by atoms with Gasteiger partial charge in [0.2, 0.25) is 0 Å². The van der Waals surface area contributed by atoms with Crippen LogP contribution in [0.2, 0.25) is 0 Å². The van der Waals surface area contributed by atoms with E-state index in [0.29, 0.717) is 6.04 Å². The van der Waals surface area contributed by atoms with Gasteiger partial charge in [-0.2, -0.15) is 0 Å². The van der Waals surface area contributed by atoms with Crippen LogP contribution in [-0.2, 0) is 0 Å². The molecule has 2 heteroatoms. The van der Waals surface area contributed by atoms with Crippen LogP contribution in [0.3, 0.4) is 0 Å². The summed E-state index contributed by atoms with van der Waals surface area (Å²) in [5, 5.41) is 3.90. The van der Waals surface area contributed by atoms with Crippen molar-refractivity contribution in [1.29, 1.82) is 0 Å². The van der Waals surface area contributed by atoms with E-state index in [1.54, 1.807) is 0 Å². The standard InChI is InChI=1S/C18H28N2/c1-3-20(17-9-6-7-14(2)11-17)13-16-12-15-8-4-5-10-18(15)19-16/h6-7,9,11,15-16,18-19H,3-5,8,10,12-13H2,1-2H3. The Balaban J connectivity index is 1.64. The van der Waals surface area contributed by atoms with Gasteiger partial charge >= 0.3 is 0 Å². The van der Waals surface area contributed by atoms with Crippen molar-refractivity contribution in [3.05, 3.63) is 29.8 Å². The highest BCUT2D eigenvalue weighted by molar-refractivity contribution is 5.48. The van der Waals surface area contributed by atoms with Gasteiger partial charge in [-0.3, -0.25) is 0 Å². The molecule has 3 atom stereocenters. The topological polar surface area (TPSA) is 15.3 Å². The van der Waals surface area contributed by atoms with Crippen LogP contribution in [0.15, 0.2) is 24.3 Å². The Hall–Kier alpha value is -1.02. The zero-order chi connectivity index (χ0) is 13.9. The number of anilines is 1. The molecule has 3 rings (SSSR count). The predicted octanol–water partition coefficient (Wildman–Crippen LogP) is 3.74. The molecule has 1 aromatic carbocycles. The molecule has 0 spiro atoms. The van der Waals surface area contributed by atoms with Crippen molar-refractivity contribution in [1.82, 2.24) is 5.32 Å². The van der Waals surface area contributed by atoms with Crippen LogP contribution in [0.5, 0.6) is 0 Å². The number of hydrogen-bond donors (Lipinski definition) is 1. The molecule has 1 aliphatic carbocycles. The Morgan fingerprint density at radius 1 is 1.25 bits per heavy atom. The number of aryl methyl sites for hydroxylation is 1. The fraction of sp³-hybridized carbons (Fsp3) is 0.667. The molecule has 2 aliphatic rings. The Morgan fingerprint density at radius 2 is 2.10 bits per heavy atom. The molecule has 1 saturated carbocycles. The molecule has 1 aromatic rings. The lowest BCUT2D eigenvalue weighted by atomic mass is 9.85. The number of nitrogens with zero attached hydrogens (tertiary/aromatic N) is 1. The first-order valence-corrected chi connectivity index (χ1v) is 8.34. The molecule has 2 fully saturated rings. The lowest BCUT2D eigenvalue weighted by Crippen LogP contribution is -2.40. The van der Waals surface area contributed by atoms with Gasteiger partial charge < -0.3 is 10.2 Å². The molecule has 1 heterocycles. The summed E-state index contributed by atoms with van der Waals surface area (Å²) < 4.78 is 0. The summed E-state index contributed by atoms with van der Waals surface area (Å²) in [7, 11) is 0. The van der Waals surface area contributed by atoms with E-state index in [1.165, 1.54) is 43.4 Å². The lowest BCUT2D eigenvalue weighted by molar-refractivity contribution is 0.325. The van der Waals surface area contributed by atoms with Crippen molar-refractivity contribution in [2.75, 3.05) is 18.0 Å². The van der Waals surface area contributed by atoms with Crippen LogP contribution in [0, 0.1) is 12.8 Å². The highest BCUT2D eigenvalue weighted by Crippen LogP contribution is 2.33. The van der Waals surface area contributed by atoms with Crippen molar-refractivity contribution in [2.24, 2.45) is 5.92 Å². The predicted molar refractivity (Wildman–Crippen MR) is 86.4 cm³/mol. The molecule has 0 amide bonds. The minimum atomic E-state index is 0.684. The molecule has 2 nitrogen and oxygen atoms in total. The minimum Gasteiger partial charge on any atom is -0.370 e. The average molecular weight is 272 g/mol. The van der Waals surface area contributed by atoms with Crippen molar-refractivity contribution in [3.63, 3.8) is 0 Å². The summed E-state index contributed by atoms with van der Waals surface area (Å²) >= 11 is 0. The Morgan fingerprint density at radius 3 is 2.85 bits per heavy atom. The van der Waals surface area contributed by atoms with Gasteiger partial charge in [0, 0.05) is 30.9 Å². The monoisotopic (exact) mass is 272 g/mol. The normalized spacial score (nSPS) is 29.2. The van der Waals surface area contributed by atoms with Crippen LogP contribution < -0.4 is 10.2 Å². The van der Waals surface area contributed by atoms with E-state index in [4.69, 9.17) is 0 Å². The number of benzene rings is 1. The summed E-state index contributed by atoms with van der Waals surface area (Å²) in [5.74, 6) is 0.949. The van der Waals surface area contributed by atoms with E-state index in [0.717, 1.165) is 25.0 Å². The van der Waals surface area contributed by atoms with E-state index in [-0.39, 0.29) is 0 Å². The number of nitrogens with one attached hydrogen (secondary N) is 1. The van der Waals surface area contributed by atoms with E-state index in [2.05, 4.69) is 48.3 Å². The summed E-state index contributed by atoms with van der Waals surface area (Å²) in [4.78, 5) is 2.53. The lowest BCUT2D eigenvalue weighted by Gasteiger charge is -2.27. The molecule has 0 aromatic heterocycles. The third-order valence-corrected chi connectivity index (χ3v) is 5.14. The summed E-state index contributed by atoms with van der Waals surface area (Å²) in [6.07, 6.45) is 7.11. The van der Waals surface area contributed by atoms with Crippen LogP contribution in [0.25, 0.3) is 0 Å². The fourth-order valence-corrected chi connectivity index (χ4v) is 4.08. The van der Waals surface area contributed by atoms with Gasteiger partial charge in [-0.05, 0) is 56.7 Å². The summed E-state index contributed by atoms with van der Waals surface area (Å²) in [6.45, 7) is 6.70. The van der Waals surface area contributed by atoms with Gasteiger partial charge in [-0.25, -0.2) is 0 Å². The second-order valence-corrected chi connectivity index (χ2v) is 6.63. The zero-order valence-corrected chi connectivity index (χ0v) is 12.9. The van der Waals surface area contributed by atoms with Gasteiger partial charge in [0.05, 0.1) is 0 Å². The molecule has 1 saturated heterocycles. The Bertz CT molecular complexity index is 429. The number of rotatable bonds is 4. The molecular formula is C18H28N2. The summed E-state index contributed by atoms with van der Waals surface area (Å²) in [6, 6.07) is 10.4. The van der Waals surface area contributed by atoms with Gasteiger partial charge in [-0.15, -0.1) is 0 Å². The first kappa shape index (κ1) is 13.9. The number of likely N-dealkylation sites (N-methyl/N-ethyl adjacent to an activating group) is 1. The maximum atomic E-state index is 3.90. The van der Waals surface area contributed by atoms with Gasteiger partial charge in [0.25, 0.3) is 0 Å². The second kappa shape index (κ2) is 6.17. The molecular weight excluding hydrogens is 244 g/mol. The first-order chi connectivity index (χ1) is 9.76. The van der Waals surface area contributed by atoms with Crippen molar-refractivity contribution in [3.8, 4) is 0 Å². The van der Waals surface area contributed by atoms with Crippen molar-refractivity contribution >= 4 is 5.69 Å². The molecule has 1 aliphatic heterocycles. The number of hydrogen-bond acceptors (Lipinski definition) is 2. The van der Waals surface area contributed by atoms with Gasteiger partial charge in [0.1, 0.15) is 0 Å². The average Bonchev–Trinajstić information content (AvgIpc) is 2.87. The maximum Gasteiger partial charge on any atom is 0.0369 e. The molecule has 3 unspecified atom stereocenters. The van der Waals surface area contributed by atoms with Crippen molar-refractivity contribution < 1.29 is 0 Å². The molecule has 0 radical (unpaired) electrons. The Labute approximate surface area is 123 Å². The highest BCUT2D eigenvalue weighted by atomic mass is 15.2. The fourth-order valence-electron chi connectivity index (χ4n) is 4.08. The van der Waals surface area contributed by atoms with Crippen LogP contribution in [0.1, 0.15) is 44.6 Å². The quantitative estimate of drug-likeness (QED) is 0.898. The maximum absolute atomic E-state index is 3.90. The SMILES string of the molecule is CCN(CC1CC2CCCCC2N1)c1cccc(C)c1. The molecule has 20 heavy (non-hydrogen) atoms.